The smallest absolute Gasteiger partial charge is 0.0131 e. The van der Waals surface area contributed by atoms with E-state index in [1.807, 2.05) is 0 Å². The van der Waals surface area contributed by atoms with Crippen molar-refractivity contribution in [3.63, 3.8) is 0 Å². The van der Waals surface area contributed by atoms with Gasteiger partial charge < -0.3 is 10.6 Å². The first kappa shape index (κ1) is 14.3. The lowest BCUT2D eigenvalue weighted by Crippen LogP contribution is -2.51. The first-order valence-corrected chi connectivity index (χ1v) is 8.01. The summed E-state index contributed by atoms with van der Waals surface area (Å²) in [5.41, 5.74) is 6.86. The molecule has 106 valence electrons. The Kier molecular flexibility index (Phi) is 4.71. The van der Waals surface area contributed by atoms with Crippen LogP contribution in [-0.2, 0) is 0 Å². The molecule has 0 aromatic carbocycles. The lowest BCUT2D eigenvalue weighted by molar-refractivity contribution is 0.0811. The molecule has 0 amide bonds. The van der Waals surface area contributed by atoms with Gasteiger partial charge in [0.2, 0.25) is 0 Å². The van der Waals surface area contributed by atoms with Gasteiger partial charge in [-0.15, -0.1) is 0 Å². The molecule has 0 bridgehead atoms. The number of piperidine rings is 1. The van der Waals surface area contributed by atoms with Gasteiger partial charge in [-0.1, -0.05) is 33.6 Å². The van der Waals surface area contributed by atoms with Gasteiger partial charge in [0, 0.05) is 19.1 Å². The van der Waals surface area contributed by atoms with Crippen LogP contribution in [0.1, 0.15) is 59.3 Å². The SMILES string of the molecule is CCC1CCCN(CC2CCCC(C)(C)C2N)C1. The largest absolute Gasteiger partial charge is 0.327 e. The van der Waals surface area contributed by atoms with Crippen LogP contribution >= 0.6 is 0 Å². The lowest BCUT2D eigenvalue weighted by atomic mass is 9.68. The minimum absolute atomic E-state index is 0.350. The molecule has 3 atom stereocenters. The molecular weight excluding hydrogens is 220 g/mol. The summed E-state index contributed by atoms with van der Waals surface area (Å²) >= 11 is 0. The second-order valence-corrected chi connectivity index (χ2v) is 7.34. The fourth-order valence-electron chi connectivity index (χ4n) is 3.99. The van der Waals surface area contributed by atoms with Gasteiger partial charge in [-0.3, -0.25) is 0 Å². The summed E-state index contributed by atoms with van der Waals surface area (Å²) in [6.07, 6.45) is 8.20. The van der Waals surface area contributed by atoms with Gasteiger partial charge in [-0.25, -0.2) is 0 Å². The fraction of sp³-hybridized carbons (Fsp3) is 1.00. The van der Waals surface area contributed by atoms with E-state index >= 15 is 0 Å². The van der Waals surface area contributed by atoms with Crippen LogP contribution < -0.4 is 5.73 Å². The summed E-state index contributed by atoms with van der Waals surface area (Å²) in [5.74, 6) is 1.66. The fourth-order valence-corrected chi connectivity index (χ4v) is 3.99. The van der Waals surface area contributed by atoms with Crippen molar-refractivity contribution in [2.24, 2.45) is 23.0 Å². The molecule has 0 spiro atoms. The van der Waals surface area contributed by atoms with E-state index in [4.69, 9.17) is 5.73 Å². The number of likely N-dealkylation sites (tertiary alicyclic amines) is 1. The topological polar surface area (TPSA) is 29.3 Å². The predicted molar refractivity (Wildman–Crippen MR) is 78.6 cm³/mol. The van der Waals surface area contributed by atoms with Gasteiger partial charge >= 0.3 is 0 Å². The highest BCUT2D eigenvalue weighted by atomic mass is 15.1. The molecule has 2 nitrogen and oxygen atoms in total. The van der Waals surface area contributed by atoms with E-state index in [1.165, 1.54) is 58.2 Å². The molecule has 0 radical (unpaired) electrons. The van der Waals surface area contributed by atoms with E-state index in [1.54, 1.807) is 0 Å². The van der Waals surface area contributed by atoms with Crippen molar-refractivity contribution in [3.05, 3.63) is 0 Å². The molecule has 1 saturated heterocycles. The zero-order valence-electron chi connectivity index (χ0n) is 12.6. The quantitative estimate of drug-likeness (QED) is 0.835. The Hall–Kier alpha value is -0.0800. The summed E-state index contributed by atoms with van der Waals surface area (Å²) in [4.78, 5) is 2.70. The molecule has 1 aliphatic heterocycles. The van der Waals surface area contributed by atoms with Crippen molar-refractivity contribution in [2.45, 2.75) is 65.3 Å². The number of nitrogens with zero attached hydrogens (tertiary/aromatic N) is 1. The third-order valence-corrected chi connectivity index (χ3v) is 5.48. The van der Waals surface area contributed by atoms with Crippen LogP contribution in [0.3, 0.4) is 0 Å². The van der Waals surface area contributed by atoms with E-state index in [0.29, 0.717) is 11.5 Å². The molecule has 18 heavy (non-hydrogen) atoms. The highest BCUT2D eigenvalue weighted by Crippen LogP contribution is 2.38. The van der Waals surface area contributed by atoms with Crippen LogP contribution in [0.25, 0.3) is 0 Å². The Morgan fingerprint density at radius 3 is 2.72 bits per heavy atom. The molecule has 0 aromatic rings. The van der Waals surface area contributed by atoms with Gasteiger partial charge in [0.05, 0.1) is 0 Å². The van der Waals surface area contributed by atoms with Gasteiger partial charge in [0.15, 0.2) is 0 Å². The Labute approximate surface area is 113 Å². The Morgan fingerprint density at radius 2 is 2.00 bits per heavy atom. The van der Waals surface area contributed by atoms with Crippen molar-refractivity contribution in [1.29, 1.82) is 0 Å². The zero-order chi connectivity index (χ0) is 13.2. The van der Waals surface area contributed by atoms with Crippen LogP contribution in [0.2, 0.25) is 0 Å². The summed E-state index contributed by atoms with van der Waals surface area (Å²) in [7, 11) is 0. The Balaban J connectivity index is 1.88. The molecule has 1 heterocycles. The molecule has 1 saturated carbocycles. The first-order valence-electron chi connectivity index (χ1n) is 8.01. The third kappa shape index (κ3) is 3.27. The van der Waals surface area contributed by atoms with Gasteiger partial charge in [0.25, 0.3) is 0 Å². The minimum Gasteiger partial charge on any atom is -0.327 e. The number of hydrogen-bond acceptors (Lipinski definition) is 2. The van der Waals surface area contributed by atoms with E-state index in [-0.39, 0.29) is 0 Å². The highest BCUT2D eigenvalue weighted by molar-refractivity contribution is 4.92. The highest BCUT2D eigenvalue weighted by Gasteiger charge is 2.37. The lowest BCUT2D eigenvalue weighted by Gasteiger charge is -2.44. The zero-order valence-corrected chi connectivity index (χ0v) is 12.6. The van der Waals surface area contributed by atoms with Crippen LogP contribution in [0.5, 0.6) is 0 Å². The van der Waals surface area contributed by atoms with E-state index < -0.39 is 0 Å². The van der Waals surface area contributed by atoms with Crippen LogP contribution in [0, 0.1) is 17.3 Å². The van der Waals surface area contributed by atoms with Gasteiger partial charge in [-0.05, 0) is 49.5 Å². The summed E-state index contributed by atoms with van der Waals surface area (Å²) in [6.45, 7) is 10.9. The molecule has 2 fully saturated rings. The third-order valence-electron chi connectivity index (χ3n) is 5.48. The molecule has 2 aliphatic rings. The van der Waals surface area contributed by atoms with Crippen molar-refractivity contribution in [1.82, 2.24) is 4.90 Å². The predicted octanol–water partition coefficient (Wildman–Crippen LogP) is 3.26. The second-order valence-electron chi connectivity index (χ2n) is 7.34. The number of nitrogens with two attached hydrogens (primary N) is 1. The maximum absolute atomic E-state index is 6.51. The van der Waals surface area contributed by atoms with Crippen molar-refractivity contribution in [2.75, 3.05) is 19.6 Å². The minimum atomic E-state index is 0.350. The molecule has 2 rings (SSSR count). The second kappa shape index (κ2) is 5.92. The van der Waals surface area contributed by atoms with E-state index in [2.05, 4.69) is 25.7 Å². The number of hydrogen-bond donors (Lipinski definition) is 1. The Morgan fingerprint density at radius 1 is 1.22 bits per heavy atom. The maximum atomic E-state index is 6.51. The van der Waals surface area contributed by atoms with Crippen LogP contribution in [-0.4, -0.2) is 30.6 Å². The van der Waals surface area contributed by atoms with Crippen molar-refractivity contribution in [3.8, 4) is 0 Å². The molecule has 3 unspecified atom stereocenters. The molecular formula is C16H32N2. The Bertz CT molecular complexity index is 262. The van der Waals surface area contributed by atoms with E-state index in [0.717, 1.165) is 11.8 Å². The summed E-state index contributed by atoms with van der Waals surface area (Å²) in [6, 6.07) is 0.397. The standard InChI is InChI=1S/C16H32N2/c1-4-13-7-6-10-18(11-13)12-14-8-5-9-16(2,3)15(14)17/h13-15H,4-12,17H2,1-3H3. The van der Waals surface area contributed by atoms with Crippen molar-refractivity contribution >= 4 is 0 Å². The molecule has 1 aliphatic carbocycles. The average molecular weight is 252 g/mol. The maximum Gasteiger partial charge on any atom is 0.0131 e. The van der Waals surface area contributed by atoms with Crippen molar-refractivity contribution < 1.29 is 0 Å². The van der Waals surface area contributed by atoms with E-state index in [9.17, 15) is 0 Å². The number of rotatable bonds is 3. The summed E-state index contributed by atoms with van der Waals surface area (Å²) in [5, 5.41) is 0. The molecule has 0 aromatic heterocycles. The normalized spacial score (nSPS) is 37.7. The van der Waals surface area contributed by atoms with Gasteiger partial charge in [0.1, 0.15) is 0 Å². The molecule has 2 N–H and O–H groups in total. The first-order chi connectivity index (χ1) is 8.53. The monoisotopic (exact) mass is 252 g/mol. The summed E-state index contributed by atoms with van der Waals surface area (Å²) < 4.78 is 0. The average Bonchev–Trinajstić information content (AvgIpc) is 2.35. The van der Waals surface area contributed by atoms with Crippen LogP contribution in [0.15, 0.2) is 0 Å². The molecule has 2 heteroatoms. The van der Waals surface area contributed by atoms with Crippen LogP contribution in [0.4, 0.5) is 0 Å². The van der Waals surface area contributed by atoms with Gasteiger partial charge in [-0.2, -0.15) is 0 Å².